The standard InChI is InChI=1S/C22H27F3N4O3/c1-14-7-8-16(13-17(14)22(23,24)25)26-18(31)9-10-19-27-20(29-32-19)21(28-15(2)30)11-5-3-4-6-12-21/h7-8,13H,3-6,9-12H2,1-2H3,(H,26,31)(H,28,30). The van der Waals surface area contributed by atoms with Crippen molar-refractivity contribution < 1.29 is 27.3 Å². The molecule has 2 amide bonds. The van der Waals surface area contributed by atoms with Gasteiger partial charge in [-0.2, -0.15) is 18.2 Å². The number of rotatable bonds is 6. The van der Waals surface area contributed by atoms with Crippen LogP contribution < -0.4 is 10.6 Å². The van der Waals surface area contributed by atoms with Crippen molar-refractivity contribution in [2.45, 2.75) is 76.9 Å². The van der Waals surface area contributed by atoms with Gasteiger partial charge < -0.3 is 15.2 Å². The molecule has 1 saturated carbocycles. The molecule has 1 aromatic carbocycles. The molecule has 32 heavy (non-hydrogen) atoms. The first-order valence-electron chi connectivity index (χ1n) is 10.7. The summed E-state index contributed by atoms with van der Waals surface area (Å²) in [7, 11) is 0. The molecule has 0 unspecified atom stereocenters. The van der Waals surface area contributed by atoms with Crippen molar-refractivity contribution >= 4 is 17.5 Å². The Bertz CT molecular complexity index is 964. The molecule has 0 bridgehead atoms. The average Bonchev–Trinajstić information content (AvgIpc) is 3.07. The zero-order valence-electron chi connectivity index (χ0n) is 18.1. The molecule has 0 aliphatic heterocycles. The Morgan fingerprint density at radius 1 is 1.16 bits per heavy atom. The second-order valence-corrected chi connectivity index (χ2v) is 8.26. The van der Waals surface area contributed by atoms with Crippen molar-refractivity contribution in [2.75, 3.05) is 5.32 Å². The molecule has 7 nitrogen and oxygen atoms in total. The van der Waals surface area contributed by atoms with Crippen LogP contribution in [0.3, 0.4) is 0 Å². The lowest BCUT2D eigenvalue weighted by molar-refractivity contribution is -0.138. The van der Waals surface area contributed by atoms with Crippen molar-refractivity contribution in [3.05, 3.63) is 41.0 Å². The minimum Gasteiger partial charge on any atom is -0.343 e. The normalized spacial score (nSPS) is 16.3. The predicted octanol–water partition coefficient (Wildman–Crippen LogP) is 4.65. The number of nitrogens with one attached hydrogen (secondary N) is 2. The first-order chi connectivity index (χ1) is 15.1. The van der Waals surface area contributed by atoms with Gasteiger partial charge in [-0.25, -0.2) is 0 Å². The maximum absolute atomic E-state index is 13.1. The maximum Gasteiger partial charge on any atom is 0.416 e. The van der Waals surface area contributed by atoms with Crippen LogP contribution in [-0.2, 0) is 27.7 Å². The third-order valence-corrected chi connectivity index (χ3v) is 5.66. The van der Waals surface area contributed by atoms with E-state index >= 15 is 0 Å². The van der Waals surface area contributed by atoms with Crippen molar-refractivity contribution in [3.63, 3.8) is 0 Å². The van der Waals surface area contributed by atoms with E-state index in [2.05, 4.69) is 20.8 Å². The lowest BCUT2D eigenvalue weighted by Crippen LogP contribution is -2.45. The molecule has 0 spiro atoms. The molecule has 0 saturated heterocycles. The Labute approximate surface area is 184 Å². The van der Waals surface area contributed by atoms with Crippen molar-refractivity contribution in [2.24, 2.45) is 0 Å². The van der Waals surface area contributed by atoms with Gasteiger partial charge in [0.15, 0.2) is 5.82 Å². The van der Waals surface area contributed by atoms with E-state index in [0.717, 1.165) is 31.7 Å². The SMILES string of the molecule is CC(=O)NC1(c2noc(CCC(=O)Nc3ccc(C)c(C(F)(F)F)c3)n2)CCCCCC1. The van der Waals surface area contributed by atoms with Crippen LogP contribution >= 0.6 is 0 Å². The quantitative estimate of drug-likeness (QED) is 0.622. The highest BCUT2D eigenvalue weighted by Crippen LogP contribution is 2.35. The molecule has 1 aromatic heterocycles. The van der Waals surface area contributed by atoms with Gasteiger partial charge in [-0.05, 0) is 37.5 Å². The Morgan fingerprint density at radius 3 is 2.47 bits per heavy atom. The Hall–Kier alpha value is -2.91. The number of hydrogen-bond acceptors (Lipinski definition) is 5. The smallest absolute Gasteiger partial charge is 0.343 e. The van der Waals surface area contributed by atoms with Gasteiger partial charge in [0, 0.05) is 25.5 Å². The fourth-order valence-corrected chi connectivity index (χ4v) is 4.07. The summed E-state index contributed by atoms with van der Waals surface area (Å²) in [6.07, 6.45) is 1.03. The van der Waals surface area contributed by atoms with Gasteiger partial charge in [0.1, 0.15) is 5.54 Å². The van der Waals surface area contributed by atoms with Gasteiger partial charge in [-0.15, -0.1) is 0 Å². The molecule has 174 valence electrons. The van der Waals surface area contributed by atoms with E-state index in [1.807, 2.05) is 0 Å². The Morgan fingerprint density at radius 2 is 1.84 bits per heavy atom. The summed E-state index contributed by atoms with van der Waals surface area (Å²) in [5.74, 6) is 0.00379. The number of nitrogens with zero attached hydrogens (tertiary/aromatic N) is 2. The number of amides is 2. The first kappa shape index (κ1) is 23.7. The van der Waals surface area contributed by atoms with Crippen molar-refractivity contribution in [3.8, 4) is 0 Å². The van der Waals surface area contributed by atoms with E-state index in [-0.39, 0.29) is 35.9 Å². The van der Waals surface area contributed by atoms with Gasteiger partial charge in [-0.3, -0.25) is 9.59 Å². The highest BCUT2D eigenvalue weighted by atomic mass is 19.4. The Kier molecular flexibility index (Phi) is 7.20. The van der Waals surface area contributed by atoms with Crippen molar-refractivity contribution in [1.29, 1.82) is 0 Å². The highest BCUT2D eigenvalue weighted by molar-refractivity contribution is 5.90. The minimum absolute atomic E-state index is 0.0377. The maximum atomic E-state index is 13.1. The summed E-state index contributed by atoms with van der Waals surface area (Å²) in [4.78, 5) is 28.5. The van der Waals surface area contributed by atoms with Gasteiger partial charge in [0.25, 0.3) is 0 Å². The number of aromatic nitrogens is 2. The van der Waals surface area contributed by atoms with Gasteiger partial charge >= 0.3 is 6.18 Å². The van der Waals surface area contributed by atoms with E-state index in [1.165, 1.54) is 26.0 Å². The monoisotopic (exact) mass is 452 g/mol. The molecular weight excluding hydrogens is 425 g/mol. The van der Waals surface area contributed by atoms with Crippen LogP contribution in [0, 0.1) is 6.92 Å². The van der Waals surface area contributed by atoms with E-state index in [1.54, 1.807) is 0 Å². The zero-order chi connectivity index (χ0) is 23.4. The van der Waals surface area contributed by atoms with E-state index < -0.39 is 23.2 Å². The molecule has 1 heterocycles. The number of aryl methyl sites for hydroxylation is 2. The molecule has 10 heteroatoms. The topological polar surface area (TPSA) is 97.1 Å². The summed E-state index contributed by atoms with van der Waals surface area (Å²) in [6, 6.07) is 3.66. The zero-order valence-corrected chi connectivity index (χ0v) is 18.1. The molecule has 1 aliphatic rings. The van der Waals surface area contributed by atoms with Crippen LogP contribution in [0.25, 0.3) is 0 Å². The van der Waals surface area contributed by atoms with Crippen LogP contribution in [0.1, 0.15) is 74.7 Å². The summed E-state index contributed by atoms with van der Waals surface area (Å²) >= 11 is 0. The number of halogens is 3. The number of hydrogen-bond donors (Lipinski definition) is 2. The fraction of sp³-hybridized carbons (Fsp3) is 0.545. The first-order valence-corrected chi connectivity index (χ1v) is 10.7. The molecule has 1 fully saturated rings. The number of carbonyl (C=O) groups is 2. The molecule has 0 radical (unpaired) electrons. The number of alkyl halides is 3. The average molecular weight is 452 g/mol. The van der Waals surface area contributed by atoms with Gasteiger partial charge in [0.05, 0.1) is 5.56 Å². The summed E-state index contributed by atoms with van der Waals surface area (Å²) in [5, 5.41) is 9.53. The molecule has 3 rings (SSSR count). The third kappa shape index (κ3) is 5.86. The van der Waals surface area contributed by atoms with E-state index in [4.69, 9.17) is 4.52 Å². The second-order valence-electron chi connectivity index (χ2n) is 8.26. The van der Waals surface area contributed by atoms with Gasteiger partial charge in [0.2, 0.25) is 17.7 Å². The number of benzene rings is 1. The van der Waals surface area contributed by atoms with Crippen LogP contribution in [-0.4, -0.2) is 22.0 Å². The van der Waals surface area contributed by atoms with Crippen molar-refractivity contribution in [1.82, 2.24) is 15.5 Å². The molecule has 2 aromatic rings. The minimum atomic E-state index is -4.49. The highest BCUT2D eigenvalue weighted by Gasteiger charge is 2.38. The molecular formula is C22H27F3N4O3. The van der Waals surface area contributed by atoms with E-state index in [0.29, 0.717) is 18.7 Å². The lowest BCUT2D eigenvalue weighted by atomic mass is 9.89. The van der Waals surface area contributed by atoms with Crippen LogP contribution in [0.2, 0.25) is 0 Å². The number of carbonyl (C=O) groups excluding carboxylic acids is 2. The molecule has 2 N–H and O–H groups in total. The largest absolute Gasteiger partial charge is 0.416 e. The van der Waals surface area contributed by atoms with Crippen LogP contribution in [0.5, 0.6) is 0 Å². The Balaban J connectivity index is 1.64. The lowest BCUT2D eigenvalue weighted by Gasteiger charge is -2.30. The third-order valence-electron chi connectivity index (χ3n) is 5.66. The summed E-state index contributed by atoms with van der Waals surface area (Å²) in [6.45, 7) is 2.82. The van der Waals surface area contributed by atoms with Crippen LogP contribution in [0.15, 0.2) is 22.7 Å². The van der Waals surface area contributed by atoms with Gasteiger partial charge in [-0.1, -0.05) is 36.9 Å². The summed E-state index contributed by atoms with van der Waals surface area (Å²) < 4.78 is 44.5. The summed E-state index contributed by atoms with van der Waals surface area (Å²) in [5.41, 5.74) is -1.31. The fourth-order valence-electron chi connectivity index (χ4n) is 4.07. The second kappa shape index (κ2) is 9.70. The molecule has 0 atom stereocenters. The van der Waals surface area contributed by atoms with E-state index in [9.17, 15) is 22.8 Å². The van der Waals surface area contributed by atoms with Crippen LogP contribution in [0.4, 0.5) is 18.9 Å². The number of anilines is 1. The molecule has 1 aliphatic carbocycles. The predicted molar refractivity (Wildman–Crippen MR) is 111 cm³/mol.